The highest BCUT2D eigenvalue weighted by molar-refractivity contribution is 5.75. The molecule has 1 heterocycles. The van der Waals surface area contributed by atoms with Crippen LogP contribution in [0.4, 0.5) is 4.39 Å². The van der Waals surface area contributed by atoms with Gasteiger partial charge in [0, 0.05) is 37.7 Å². The molecule has 1 saturated heterocycles. The minimum Gasteiger partial charge on any atom is -0.497 e. The first-order chi connectivity index (χ1) is 14.6. The smallest absolute Gasteiger partial charge is 0.220 e. The van der Waals surface area contributed by atoms with Gasteiger partial charge in [-0.3, -0.25) is 9.69 Å². The molecule has 0 spiro atoms. The zero-order valence-electron chi connectivity index (χ0n) is 17.8. The molecule has 0 aliphatic carbocycles. The summed E-state index contributed by atoms with van der Waals surface area (Å²) < 4.78 is 24.5. The van der Waals surface area contributed by atoms with Gasteiger partial charge in [0.1, 0.15) is 17.3 Å². The second kappa shape index (κ2) is 11.0. The van der Waals surface area contributed by atoms with Gasteiger partial charge in [0.2, 0.25) is 5.91 Å². The van der Waals surface area contributed by atoms with Gasteiger partial charge in [0.15, 0.2) is 0 Å². The molecule has 3 rings (SSSR count). The van der Waals surface area contributed by atoms with E-state index in [9.17, 15) is 9.18 Å². The van der Waals surface area contributed by atoms with E-state index in [0.717, 1.165) is 43.7 Å². The van der Waals surface area contributed by atoms with Crippen molar-refractivity contribution in [1.82, 2.24) is 10.2 Å². The topological polar surface area (TPSA) is 50.8 Å². The van der Waals surface area contributed by atoms with Crippen LogP contribution in [0.1, 0.15) is 36.8 Å². The standard InChI is InChI=1S/C24H31FN2O3/c1-29-21-7-3-5-19(13-21)15-26-24(28)11-8-18-6-4-12-27(16-18)17-20-9-10-22(30-2)14-23(20)25/h3,5,7,9-10,13-14,18H,4,6,8,11-12,15-17H2,1-2H3,(H,26,28). The molecule has 1 atom stereocenters. The van der Waals surface area contributed by atoms with Gasteiger partial charge in [-0.2, -0.15) is 0 Å². The number of carbonyl (C=O) groups excluding carboxylic acids is 1. The highest BCUT2D eigenvalue weighted by Gasteiger charge is 2.21. The Morgan fingerprint density at radius 1 is 1.17 bits per heavy atom. The fourth-order valence-corrected chi connectivity index (χ4v) is 3.96. The molecular formula is C24H31FN2O3. The largest absolute Gasteiger partial charge is 0.497 e. The molecule has 0 aromatic heterocycles. The van der Waals surface area contributed by atoms with Crippen molar-refractivity contribution in [3.05, 3.63) is 59.4 Å². The van der Waals surface area contributed by atoms with E-state index >= 15 is 0 Å². The van der Waals surface area contributed by atoms with Crippen LogP contribution in [-0.2, 0) is 17.9 Å². The van der Waals surface area contributed by atoms with E-state index in [1.807, 2.05) is 24.3 Å². The molecule has 0 saturated carbocycles. The molecule has 1 aliphatic heterocycles. The second-order valence-corrected chi connectivity index (χ2v) is 7.87. The number of hydrogen-bond acceptors (Lipinski definition) is 4. The summed E-state index contributed by atoms with van der Waals surface area (Å²) in [5.74, 6) is 1.62. The van der Waals surface area contributed by atoms with Gasteiger partial charge in [0.25, 0.3) is 0 Å². The first-order valence-corrected chi connectivity index (χ1v) is 10.5. The van der Waals surface area contributed by atoms with Crippen molar-refractivity contribution in [3.8, 4) is 11.5 Å². The predicted octanol–water partition coefficient (Wildman–Crippen LogP) is 4.15. The van der Waals surface area contributed by atoms with Crippen LogP contribution in [0.25, 0.3) is 0 Å². The Morgan fingerprint density at radius 3 is 2.73 bits per heavy atom. The number of nitrogens with one attached hydrogen (secondary N) is 1. The molecule has 1 aliphatic rings. The molecule has 5 nitrogen and oxygen atoms in total. The second-order valence-electron chi connectivity index (χ2n) is 7.87. The normalized spacial score (nSPS) is 16.8. The monoisotopic (exact) mass is 414 g/mol. The Labute approximate surface area is 178 Å². The number of piperidine rings is 1. The summed E-state index contributed by atoms with van der Waals surface area (Å²) in [6.45, 7) is 2.95. The van der Waals surface area contributed by atoms with E-state index in [0.29, 0.717) is 36.7 Å². The van der Waals surface area contributed by atoms with Gasteiger partial charge < -0.3 is 14.8 Å². The van der Waals surface area contributed by atoms with Crippen LogP contribution in [0.3, 0.4) is 0 Å². The fourth-order valence-electron chi connectivity index (χ4n) is 3.96. The van der Waals surface area contributed by atoms with Crippen molar-refractivity contribution in [2.45, 2.75) is 38.8 Å². The number of halogens is 1. The number of likely N-dealkylation sites (tertiary alicyclic amines) is 1. The zero-order valence-corrected chi connectivity index (χ0v) is 17.8. The van der Waals surface area contributed by atoms with Crippen molar-refractivity contribution in [1.29, 1.82) is 0 Å². The highest BCUT2D eigenvalue weighted by Crippen LogP contribution is 2.24. The van der Waals surface area contributed by atoms with Gasteiger partial charge in [-0.25, -0.2) is 4.39 Å². The third-order valence-electron chi connectivity index (χ3n) is 5.66. The molecule has 6 heteroatoms. The van der Waals surface area contributed by atoms with E-state index in [-0.39, 0.29) is 11.7 Å². The van der Waals surface area contributed by atoms with Crippen molar-refractivity contribution in [2.24, 2.45) is 5.92 Å². The molecule has 1 unspecified atom stereocenters. The molecule has 30 heavy (non-hydrogen) atoms. The van der Waals surface area contributed by atoms with Crippen molar-refractivity contribution >= 4 is 5.91 Å². The molecule has 162 valence electrons. The SMILES string of the molecule is COc1cccc(CNC(=O)CCC2CCCN(Cc3ccc(OC)cc3F)C2)c1. The van der Waals surface area contributed by atoms with Crippen LogP contribution in [0.15, 0.2) is 42.5 Å². The Hall–Kier alpha value is -2.60. The van der Waals surface area contributed by atoms with E-state index in [1.54, 1.807) is 19.2 Å². The molecule has 1 N–H and O–H groups in total. The molecule has 0 radical (unpaired) electrons. The molecule has 2 aromatic rings. The lowest BCUT2D eigenvalue weighted by Crippen LogP contribution is -2.35. The van der Waals surface area contributed by atoms with Crippen LogP contribution in [0, 0.1) is 11.7 Å². The maximum absolute atomic E-state index is 14.2. The lowest BCUT2D eigenvalue weighted by molar-refractivity contribution is -0.121. The Balaban J connectivity index is 1.42. The van der Waals surface area contributed by atoms with Crippen LogP contribution < -0.4 is 14.8 Å². The van der Waals surface area contributed by atoms with Crippen molar-refractivity contribution < 1.29 is 18.7 Å². The number of hydrogen-bond donors (Lipinski definition) is 1. The fraction of sp³-hybridized carbons (Fsp3) is 0.458. The van der Waals surface area contributed by atoms with E-state index < -0.39 is 0 Å². The number of amides is 1. The highest BCUT2D eigenvalue weighted by atomic mass is 19.1. The summed E-state index contributed by atoms with van der Waals surface area (Å²) in [6.07, 6.45) is 3.56. The first kappa shape index (κ1) is 22.1. The average molecular weight is 415 g/mol. The molecule has 2 aromatic carbocycles. The van der Waals surface area contributed by atoms with E-state index in [4.69, 9.17) is 9.47 Å². The summed E-state index contributed by atoms with van der Waals surface area (Å²) in [6, 6.07) is 12.7. The number of methoxy groups -OCH3 is 2. The zero-order chi connectivity index (χ0) is 21.3. The lowest BCUT2D eigenvalue weighted by Gasteiger charge is -2.32. The number of nitrogens with zero attached hydrogens (tertiary/aromatic N) is 1. The third kappa shape index (κ3) is 6.46. The van der Waals surface area contributed by atoms with E-state index in [1.165, 1.54) is 13.2 Å². The number of ether oxygens (including phenoxy) is 2. The minimum atomic E-state index is -0.228. The van der Waals surface area contributed by atoms with Crippen LogP contribution >= 0.6 is 0 Å². The Morgan fingerprint density at radius 2 is 1.97 bits per heavy atom. The maximum atomic E-state index is 14.2. The van der Waals surface area contributed by atoms with Gasteiger partial charge in [0.05, 0.1) is 14.2 Å². The van der Waals surface area contributed by atoms with Crippen LogP contribution in [0.5, 0.6) is 11.5 Å². The van der Waals surface area contributed by atoms with Gasteiger partial charge in [-0.1, -0.05) is 18.2 Å². The van der Waals surface area contributed by atoms with Crippen molar-refractivity contribution in [2.75, 3.05) is 27.3 Å². The summed E-state index contributed by atoms with van der Waals surface area (Å²) in [4.78, 5) is 14.6. The average Bonchev–Trinajstić information content (AvgIpc) is 2.78. The summed E-state index contributed by atoms with van der Waals surface area (Å²) in [5.41, 5.74) is 1.71. The Bertz CT molecular complexity index is 843. The van der Waals surface area contributed by atoms with Crippen LogP contribution in [0.2, 0.25) is 0 Å². The summed E-state index contributed by atoms with van der Waals surface area (Å²) in [5, 5.41) is 2.99. The number of benzene rings is 2. The Kier molecular flexibility index (Phi) is 8.08. The quantitative estimate of drug-likeness (QED) is 0.670. The number of carbonyl (C=O) groups is 1. The van der Waals surface area contributed by atoms with Gasteiger partial charge in [-0.15, -0.1) is 0 Å². The minimum absolute atomic E-state index is 0.0659. The first-order valence-electron chi connectivity index (χ1n) is 10.5. The van der Waals surface area contributed by atoms with Gasteiger partial charge in [-0.05, 0) is 55.5 Å². The summed E-state index contributed by atoms with van der Waals surface area (Å²) in [7, 11) is 3.17. The van der Waals surface area contributed by atoms with Crippen LogP contribution in [-0.4, -0.2) is 38.1 Å². The lowest BCUT2D eigenvalue weighted by atomic mass is 9.93. The molecular weight excluding hydrogens is 383 g/mol. The molecule has 0 bridgehead atoms. The van der Waals surface area contributed by atoms with Crippen molar-refractivity contribution in [3.63, 3.8) is 0 Å². The predicted molar refractivity (Wildman–Crippen MR) is 115 cm³/mol. The van der Waals surface area contributed by atoms with E-state index in [2.05, 4.69) is 10.2 Å². The number of rotatable bonds is 9. The molecule has 1 amide bonds. The summed E-state index contributed by atoms with van der Waals surface area (Å²) >= 11 is 0. The maximum Gasteiger partial charge on any atom is 0.220 e. The third-order valence-corrected chi connectivity index (χ3v) is 5.66. The van der Waals surface area contributed by atoms with Gasteiger partial charge >= 0.3 is 0 Å². The molecule has 1 fully saturated rings.